The van der Waals surface area contributed by atoms with Crippen LogP contribution in [0.3, 0.4) is 0 Å². The first-order chi connectivity index (χ1) is 16.4. The number of rotatable bonds is 10. The fourth-order valence-corrected chi connectivity index (χ4v) is 3.53. The van der Waals surface area contributed by atoms with Crippen LogP contribution < -0.4 is 16.0 Å². The lowest BCUT2D eigenvalue weighted by Crippen LogP contribution is -2.55. The van der Waals surface area contributed by atoms with Gasteiger partial charge in [-0.2, -0.15) is 0 Å². The molecule has 0 heterocycles. The molecule has 0 aliphatic rings. The van der Waals surface area contributed by atoms with Gasteiger partial charge in [-0.15, -0.1) is 0 Å². The van der Waals surface area contributed by atoms with Crippen LogP contribution in [0.25, 0.3) is 0 Å². The highest BCUT2D eigenvalue weighted by atomic mass is 16.2. The van der Waals surface area contributed by atoms with Crippen LogP contribution in [0.5, 0.6) is 0 Å². The second-order valence-electron chi connectivity index (χ2n) is 8.61. The maximum absolute atomic E-state index is 13.0. The zero-order chi connectivity index (χ0) is 24.4. The zero-order valence-electron chi connectivity index (χ0n) is 19.6. The van der Waals surface area contributed by atoms with E-state index in [9.17, 15) is 14.4 Å². The number of benzene rings is 3. The summed E-state index contributed by atoms with van der Waals surface area (Å²) in [7, 11) is 0. The average Bonchev–Trinajstić information content (AvgIpc) is 2.85. The van der Waals surface area contributed by atoms with Crippen molar-refractivity contribution >= 4 is 17.7 Å². The van der Waals surface area contributed by atoms with Gasteiger partial charge in [0.1, 0.15) is 5.54 Å². The molecular formula is C28H31N3O3. The number of hydrogen-bond acceptors (Lipinski definition) is 3. The Labute approximate surface area is 200 Å². The predicted molar refractivity (Wildman–Crippen MR) is 134 cm³/mol. The molecule has 34 heavy (non-hydrogen) atoms. The highest BCUT2D eigenvalue weighted by molar-refractivity contribution is 6.08. The minimum absolute atomic E-state index is 0.227. The van der Waals surface area contributed by atoms with Crippen LogP contribution in [-0.4, -0.2) is 36.3 Å². The van der Waals surface area contributed by atoms with Crippen molar-refractivity contribution in [3.63, 3.8) is 0 Å². The lowest BCUT2D eigenvalue weighted by molar-refractivity contribution is -0.126. The summed E-state index contributed by atoms with van der Waals surface area (Å²) in [6, 6.07) is 26.3. The molecule has 3 aromatic rings. The van der Waals surface area contributed by atoms with E-state index in [1.807, 2.05) is 60.7 Å². The Morgan fingerprint density at radius 2 is 1.06 bits per heavy atom. The normalized spacial score (nSPS) is 10.9. The quantitative estimate of drug-likeness (QED) is 0.435. The molecular weight excluding hydrogens is 426 g/mol. The van der Waals surface area contributed by atoms with E-state index in [1.165, 1.54) is 0 Å². The Balaban J connectivity index is 1.56. The van der Waals surface area contributed by atoms with E-state index in [-0.39, 0.29) is 22.9 Å². The summed E-state index contributed by atoms with van der Waals surface area (Å²) in [6.45, 7) is 4.20. The van der Waals surface area contributed by atoms with Gasteiger partial charge >= 0.3 is 0 Å². The first-order valence-electron chi connectivity index (χ1n) is 11.4. The van der Waals surface area contributed by atoms with Gasteiger partial charge < -0.3 is 16.0 Å². The summed E-state index contributed by atoms with van der Waals surface area (Å²) in [5, 5.41) is 8.52. The molecule has 3 amide bonds. The summed E-state index contributed by atoms with van der Waals surface area (Å²) in [4.78, 5) is 38.5. The van der Waals surface area contributed by atoms with E-state index in [0.29, 0.717) is 25.9 Å². The standard InChI is InChI=1S/C28H31N3O3/c1-28(2,27(34)30-20-18-22-13-7-4-8-14-22)31-26(33)24-16-10-9-15-23(24)25(32)29-19-17-21-11-5-3-6-12-21/h3-16H,17-20H2,1-2H3,(H,29,32)(H,30,34)(H,31,33). The minimum Gasteiger partial charge on any atom is -0.354 e. The molecule has 0 saturated heterocycles. The highest BCUT2D eigenvalue weighted by Gasteiger charge is 2.30. The molecule has 6 heteroatoms. The van der Waals surface area contributed by atoms with E-state index >= 15 is 0 Å². The van der Waals surface area contributed by atoms with Crippen molar-refractivity contribution in [1.29, 1.82) is 0 Å². The summed E-state index contributed by atoms with van der Waals surface area (Å²) in [6.07, 6.45) is 1.39. The summed E-state index contributed by atoms with van der Waals surface area (Å²) >= 11 is 0. The van der Waals surface area contributed by atoms with Gasteiger partial charge in [0.25, 0.3) is 11.8 Å². The van der Waals surface area contributed by atoms with Crippen molar-refractivity contribution in [1.82, 2.24) is 16.0 Å². The van der Waals surface area contributed by atoms with Gasteiger partial charge in [0, 0.05) is 13.1 Å². The Bertz CT molecular complexity index is 1110. The van der Waals surface area contributed by atoms with Crippen LogP contribution in [0, 0.1) is 0 Å². The molecule has 0 aromatic heterocycles. The summed E-state index contributed by atoms with van der Waals surface area (Å²) in [5.41, 5.74) is 1.59. The van der Waals surface area contributed by atoms with Crippen LogP contribution in [-0.2, 0) is 17.6 Å². The van der Waals surface area contributed by atoms with E-state index in [0.717, 1.165) is 11.1 Å². The third-order valence-electron chi connectivity index (χ3n) is 5.49. The van der Waals surface area contributed by atoms with Gasteiger partial charge in [0.15, 0.2) is 0 Å². The number of hydrogen-bond donors (Lipinski definition) is 3. The summed E-state index contributed by atoms with van der Waals surface area (Å²) in [5.74, 6) is -1.09. The first kappa shape index (κ1) is 24.7. The fourth-order valence-electron chi connectivity index (χ4n) is 3.53. The molecule has 0 fully saturated rings. The topological polar surface area (TPSA) is 87.3 Å². The third kappa shape index (κ3) is 7.04. The molecule has 0 aliphatic carbocycles. The van der Waals surface area contributed by atoms with E-state index in [4.69, 9.17) is 0 Å². The van der Waals surface area contributed by atoms with Gasteiger partial charge in [0.2, 0.25) is 5.91 Å². The van der Waals surface area contributed by atoms with Gasteiger partial charge in [-0.1, -0.05) is 72.8 Å². The van der Waals surface area contributed by atoms with Crippen molar-refractivity contribution in [3.05, 3.63) is 107 Å². The van der Waals surface area contributed by atoms with Crippen LogP contribution in [0.2, 0.25) is 0 Å². The highest BCUT2D eigenvalue weighted by Crippen LogP contribution is 2.12. The molecule has 3 N–H and O–H groups in total. The van der Waals surface area contributed by atoms with E-state index in [1.54, 1.807) is 38.1 Å². The Kier molecular flexibility index (Phi) is 8.57. The second kappa shape index (κ2) is 11.8. The Morgan fingerprint density at radius 1 is 0.618 bits per heavy atom. The number of nitrogens with one attached hydrogen (secondary N) is 3. The summed E-state index contributed by atoms with van der Waals surface area (Å²) < 4.78 is 0. The van der Waals surface area contributed by atoms with Crippen molar-refractivity contribution in [2.45, 2.75) is 32.2 Å². The van der Waals surface area contributed by atoms with Crippen LogP contribution in [0.4, 0.5) is 0 Å². The molecule has 0 atom stereocenters. The number of amides is 3. The maximum Gasteiger partial charge on any atom is 0.252 e. The SMILES string of the molecule is CC(C)(NC(=O)c1ccccc1C(=O)NCCc1ccccc1)C(=O)NCCc1ccccc1. The number of carbonyl (C=O) groups is 3. The van der Waals surface area contributed by atoms with Crippen molar-refractivity contribution < 1.29 is 14.4 Å². The predicted octanol–water partition coefficient (Wildman–Crippen LogP) is 3.53. The molecule has 176 valence electrons. The van der Waals surface area contributed by atoms with Gasteiger partial charge in [-0.25, -0.2) is 0 Å². The zero-order valence-corrected chi connectivity index (χ0v) is 19.6. The minimum atomic E-state index is -1.15. The fraction of sp³-hybridized carbons (Fsp3) is 0.250. The van der Waals surface area contributed by atoms with E-state index < -0.39 is 11.4 Å². The molecule has 6 nitrogen and oxygen atoms in total. The van der Waals surface area contributed by atoms with Crippen molar-refractivity contribution in [2.75, 3.05) is 13.1 Å². The maximum atomic E-state index is 13.0. The third-order valence-corrected chi connectivity index (χ3v) is 5.49. The van der Waals surface area contributed by atoms with Crippen molar-refractivity contribution in [3.8, 4) is 0 Å². The lowest BCUT2D eigenvalue weighted by Gasteiger charge is -2.25. The molecule has 0 spiro atoms. The van der Waals surface area contributed by atoms with Gasteiger partial charge in [-0.3, -0.25) is 14.4 Å². The van der Waals surface area contributed by atoms with Crippen LogP contribution >= 0.6 is 0 Å². The van der Waals surface area contributed by atoms with Gasteiger partial charge in [-0.05, 0) is 49.9 Å². The van der Waals surface area contributed by atoms with Crippen molar-refractivity contribution in [2.24, 2.45) is 0 Å². The smallest absolute Gasteiger partial charge is 0.252 e. The lowest BCUT2D eigenvalue weighted by atomic mass is 10.0. The Hall–Kier alpha value is -3.93. The number of carbonyl (C=O) groups excluding carboxylic acids is 3. The first-order valence-corrected chi connectivity index (χ1v) is 11.4. The molecule has 0 bridgehead atoms. The molecule has 0 aliphatic heterocycles. The monoisotopic (exact) mass is 457 g/mol. The molecule has 3 aromatic carbocycles. The average molecular weight is 458 g/mol. The van der Waals surface area contributed by atoms with Crippen LogP contribution in [0.15, 0.2) is 84.9 Å². The van der Waals surface area contributed by atoms with E-state index in [2.05, 4.69) is 16.0 Å². The molecule has 0 saturated carbocycles. The van der Waals surface area contributed by atoms with Crippen LogP contribution in [0.1, 0.15) is 45.7 Å². The Morgan fingerprint density at radius 3 is 1.59 bits per heavy atom. The largest absolute Gasteiger partial charge is 0.354 e. The molecule has 3 rings (SSSR count). The second-order valence-corrected chi connectivity index (χ2v) is 8.61. The molecule has 0 radical (unpaired) electrons. The molecule has 0 unspecified atom stereocenters. The van der Waals surface area contributed by atoms with Gasteiger partial charge in [0.05, 0.1) is 11.1 Å².